The van der Waals surface area contributed by atoms with Gasteiger partial charge in [-0.25, -0.2) is 0 Å². The summed E-state index contributed by atoms with van der Waals surface area (Å²) in [7, 11) is 0. The van der Waals surface area contributed by atoms with E-state index in [1.165, 1.54) is 109 Å². The van der Waals surface area contributed by atoms with Crippen molar-refractivity contribution in [3.8, 4) is 0 Å². The first-order chi connectivity index (χ1) is 12.2. The van der Waals surface area contributed by atoms with Gasteiger partial charge in [-0.2, -0.15) is 0 Å². The summed E-state index contributed by atoms with van der Waals surface area (Å²) in [4.78, 5) is 11.8. The van der Waals surface area contributed by atoms with Crippen molar-refractivity contribution in [2.24, 2.45) is 5.41 Å². The fourth-order valence-corrected chi connectivity index (χ4v) is 3.93. The predicted octanol–water partition coefficient (Wildman–Crippen LogP) is 8.64. The molecule has 1 nitrogen and oxygen atoms in total. The SMILES string of the molecule is CCCCCCCCCCCCCCC(C=O)(CCCC)CCCC. The van der Waals surface area contributed by atoms with Crippen molar-refractivity contribution in [1.29, 1.82) is 0 Å². The van der Waals surface area contributed by atoms with Crippen LogP contribution in [0.3, 0.4) is 0 Å². The summed E-state index contributed by atoms with van der Waals surface area (Å²) < 4.78 is 0. The summed E-state index contributed by atoms with van der Waals surface area (Å²) in [5.74, 6) is 0. The van der Waals surface area contributed by atoms with Crippen molar-refractivity contribution in [3.63, 3.8) is 0 Å². The molecule has 0 fully saturated rings. The first-order valence-electron chi connectivity index (χ1n) is 11.7. The Labute approximate surface area is 159 Å². The lowest BCUT2D eigenvalue weighted by Gasteiger charge is -2.28. The maximum atomic E-state index is 11.8. The molecule has 0 aliphatic rings. The molecule has 0 N–H and O–H groups in total. The molecule has 0 rings (SSSR count). The Kier molecular flexibility index (Phi) is 18.2. The van der Waals surface area contributed by atoms with Gasteiger partial charge in [-0.3, -0.25) is 0 Å². The fraction of sp³-hybridized carbons (Fsp3) is 0.958. The van der Waals surface area contributed by atoms with Gasteiger partial charge in [0.15, 0.2) is 0 Å². The van der Waals surface area contributed by atoms with Crippen LogP contribution in [-0.4, -0.2) is 6.29 Å². The van der Waals surface area contributed by atoms with Crippen molar-refractivity contribution in [3.05, 3.63) is 0 Å². The van der Waals surface area contributed by atoms with Gasteiger partial charge < -0.3 is 4.79 Å². The largest absolute Gasteiger partial charge is 0.303 e. The predicted molar refractivity (Wildman–Crippen MR) is 113 cm³/mol. The Morgan fingerprint density at radius 3 is 1.16 bits per heavy atom. The van der Waals surface area contributed by atoms with Crippen molar-refractivity contribution < 1.29 is 4.79 Å². The molecule has 150 valence electrons. The standard InChI is InChI=1S/C24H48O/c1-4-7-10-11-12-13-14-15-16-17-18-19-22-24(23-25,20-8-5-2)21-9-6-3/h23H,4-22H2,1-3H3. The molecule has 0 amide bonds. The molecule has 0 saturated heterocycles. The number of unbranched alkanes of at least 4 members (excludes halogenated alkanes) is 13. The summed E-state index contributed by atoms with van der Waals surface area (Å²) in [6.45, 7) is 6.76. The molecule has 0 aliphatic heterocycles. The summed E-state index contributed by atoms with van der Waals surface area (Å²) in [6.07, 6.45) is 26.2. The third-order valence-electron chi connectivity index (χ3n) is 5.83. The lowest BCUT2D eigenvalue weighted by molar-refractivity contribution is -0.117. The van der Waals surface area contributed by atoms with E-state index in [9.17, 15) is 4.79 Å². The second-order valence-corrected chi connectivity index (χ2v) is 8.33. The van der Waals surface area contributed by atoms with Crippen LogP contribution in [0.15, 0.2) is 0 Å². The van der Waals surface area contributed by atoms with Gasteiger partial charge in [0.05, 0.1) is 0 Å². The van der Waals surface area contributed by atoms with Gasteiger partial charge in [0.25, 0.3) is 0 Å². The minimum absolute atomic E-state index is 0.00447. The van der Waals surface area contributed by atoms with Crippen LogP contribution in [0.25, 0.3) is 0 Å². The highest BCUT2D eigenvalue weighted by Crippen LogP contribution is 2.34. The molecule has 0 aliphatic carbocycles. The Hall–Kier alpha value is -0.330. The minimum Gasteiger partial charge on any atom is -0.303 e. The van der Waals surface area contributed by atoms with Crippen molar-refractivity contribution in [2.75, 3.05) is 0 Å². The van der Waals surface area contributed by atoms with Gasteiger partial charge >= 0.3 is 0 Å². The zero-order chi connectivity index (χ0) is 18.6. The zero-order valence-electron chi connectivity index (χ0n) is 17.9. The molecule has 0 heterocycles. The normalized spacial score (nSPS) is 11.8. The highest BCUT2D eigenvalue weighted by Gasteiger charge is 2.27. The molecule has 0 radical (unpaired) electrons. The van der Waals surface area contributed by atoms with Crippen LogP contribution in [0, 0.1) is 5.41 Å². The van der Waals surface area contributed by atoms with E-state index >= 15 is 0 Å². The molecule has 0 bridgehead atoms. The summed E-state index contributed by atoms with van der Waals surface area (Å²) in [6, 6.07) is 0. The van der Waals surface area contributed by atoms with E-state index in [1.54, 1.807) is 0 Å². The van der Waals surface area contributed by atoms with Crippen LogP contribution in [0.5, 0.6) is 0 Å². The van der Waals surface area contributed by atoms with E-state index < -0.39 is 0 Å². The Morgan fingerprint density at radius 2 is 0.800 bits per heavy atom. The molecule has 0 atom stereocenters. The molecule has 0 spiro atoms. The third-order valence-corrected chi connectivity index (χ3v) is 5.83. The molecule has 0 aromatic rings. The monoisotopic (exact) mass is 352 g/mol. The number of aldehydes is 1. The maximum Gasteiger partial charge on any atom is 0.126 e. The number of hydrogen-bond donors (Lipinski definition) is 0. The average molecular weight is 353 g/mol. The van der Waals surface area contributed by atoms with E-state index in [2.05, 4.69) is 20.8 Å². The molecular weight excluding hydrogens is 304 g/mol. The maximum absolute atomic E-state index is 11.8. The summed E-state index contributed by atoms with van der Waals surface area (Å²) >= 11 is 0. The second kappa shape index (κ2) is 18.5. The van der Waals surface area contributed by atoms with E-state index in [4.69, 9.17) is 0 Å². The summed E-state index contributed by atoms with van der Waals surface area (Å²) in [5.41, 5.74) is 0.00447. The van der Waals surface area contributed by atoms with E-state index in [0.717, 1.165) is 19.3 Å². The van der Waals surface area contributed by atoms with E-state index in [0.29, 0.717) is 0 Å². The van der Waals surface area contributed by atoms with Crippen LogP contribution in [0.1, 0.15) is 143 Å². The Balaban J connectivity index is 3.68. The smallest absolute Gasteiger partial charge is 0.126 e. The van der Waals surface area contributed by atoms with Crippen LogP contribution in [0.2, 0.25) is 0 Å². The van der Waals surface area contributed by atoms with Crippen LogP contribution < -0.4 is 0 Å². The van der Waals surface area contributed by atoms with Gasteiger partial charge in [-0.15, -0.1) is 0 Å². The van der Waals surface area contributed by atoms with Crippen LogP contribution >= 0.6 is 0 Å². The van der Waals surface area contributed by atoms with Crippen LogP contribution in [-0.2, 0) is 4.79 Å². The van der Waals surface area contributed by atoms with Gasteiger partial charge in [-0.05, 0) is 19.3 Å². The quantitative estimate of drug-likeness (QED) is 0.158. The average Bonchev–Trinajstić information content (AvgIpc) is 2.64. The lowest BCUT2D eigenvalue weighted by atomic mass is 9.75. The van der Waals surface area contributed by atoms with Crippen molar-refractivity contribution in [1.82, 2.24) is 0 Å². The molecule has 0 saturated carbocycles. The van der Waals surface area contributed by atoms with Crippen molar-refractivity contribution in [2.45, 2.75) is 143 Å². The first-order valence-corrected chi connectivity index (χ1v) is 11.7. The molecule has 0 aromatic heterocycles. The summed E-state index contributed by atoms with van der Waals surface area (Å²) in [5, 5.41) is 0. The highest BCUT2D eigenvalue weighted by molar-refractivity contribution is 5.59. The van der Waals surface area contributed by atoms with Gasteiger partial charge in [0.2, 0.25) is 0 Å². The molecule has 1 heteroatoms. The first kappa shape index (κ1) is 24.7. The minimum atomic E-state index is 0.00447. The van der Waals surface area contributed by atoms with E-state index in [-0.39, 0.29) is 5.41 Å². The van der Waals surface area contributed by atoms with Crippen molar-refractivity contribution >= 4 is 6.29 Å². The van der Waals surface area contributed by atoms with Gasteiger partial charge in [0, 0.05) is 5.41 Å². The number of hydrogen-bond acceptors (Lipinski definition) is 1. The number of rotatable bonds is 20. The highest BCUT2D eigenvalue weighted by atomic mass is 16.1. The molecule has 25 heavy (non-hydrogen) atoms. The topological polar surface area (TPSA) is 17.1 Å². The fourth-order valence-electron chi connectivity index (χ4n) is 3.93. The van der Waals surface area contributed by atoms with E-state index in [1.807, 2.05) is 0 Å². The van der Waals surface area contributed by atoms with Crippen LogP contribution in [0.4, 0.5) is 0 Å². The molecule has 0 unspecified atom stereocenters. The third kappa shape index (κ3) is 14.5. The zero-order valence-corrected chi connectivity index (χ0v) is 17.9. The number of carbonyl (C=O) groups excluding carboxylic acids is 1. The Morgan fingerprint density at radius 1 is 0.480 bits per heavy atom. The molecule has 0 aromatic carbocycles. The number of carbonyl (C=O) groups is 1. The lowest BCUT2D eigenvalue weighted by Crippen LogP contribution is -2.23. The Bertz CT molecular complexity index is 263. The molecular formula is C24H48O. The van der Waals surface area contributed by atoms with Gasteiger partial charge in [-0.1, -0.05) is 124 Å². The van der Waals surface area contributed by atoms with Gasteiger partial charge in [0.1, 0.15) is 6.29 Å². The second-order valence-electron chi connectivity index (χ2n) is 8.33.